The highest BCUT2D eigenvalue weighted by Crippen LogP contribution is 2.36. The molecule has 3 N–H and O–H groups in total. The lowest BCUT2D eigenvalue weighted by atomic mass is 10.00. The van der Waals surface area contributed by atoms with Crippen LogP contribution in [0.3, 0.4) is 0 Å². The first-order valence-electron chi connectivity index (χ1n) is 9.56. The molecule has 0 aliphatic carbocycles. The van der Waals surface area contributed by atoms with Crippen molar-refractivity contribution < 1.29 is 19.8 Å². The third-order valence-corrected chi connectivity index (χ3v) is 5.56. The standard InChI is InChI=1S/C22H20Cl2N4O4/c1-13-15(16-7-8-25-20(24)19(16)23)3-2-4-17(13)27-21(30)18-6-5-14(11-26-18)12-28(9-10-29)22(31)32/h2-8,11,29H,9-10,12H2,1H3,(H,27,30)(H,31,32). The van der Waals surface area contributed by atoms with Crippen molar-refractivity contribution in [3.8, 4) is 11.1 Å². The van der Waals surface area contributed by atoms with Crippen LogP contribution in [-0.2, 0) is 6.54 Å². The molecular formula is C22H20Cl2N4O4. The first-order valence-corrected chi connectivity index (χ1v) is 10.3. The predicted molar refractivity (Wildman–Crippen MR) is 122 cm³/mol. The second-order valence-electron chi connectivity index (χ2n) is 6.87. The quantitative estimate of drug-likeness (QED) is 0.434. The van der Waals surface area contributed by atoms with Gasteiger partial charge in [-0.25, -0.2) is 9.78 Å². The molecule has 1 aromatic carbocycles. The second kappa shape index (κ2) is 10.4. The Morgan fingerprint density at radius 3 is 2.53 bits per heavy atom. The van der Waals surface area contributed by atoms with Crippen LogP contribution in [0.2, 0.25) is 10.2 Å². The van der Waals surface area contributed by atoms with Crippen LogP contribution >= 0.6 is 23.2 Å². The Hall–Kier alpha value is -3.20. The number of halogens is 2. The number of pyridine rings is 2. The number of amides is 2. The van der Waals surface area contributed by atoms with E-state index < -0.39 is 12.0 Å². The molecular weight excluding hydrogens is 455 g/mol. The number of carboxylic acid groups (broad SMARTS) is 1. The number of carbonyl (C=O) groups excluding carboxylic acids is 1. The topological polar surface area (TPSA) is 116 Å². The molecule has 2 heterocycles. The molecule has 0 saturated heterocycles. The number of anilines is 1. The number of aliphatic hydroxyl groups excluding tert-OH is 1. The maximum absolute atomic E-state index is 12.7. The van der Waals surface area contributed by atoms with Crippen molar-refractivity contribution in [1.82, 2.24) is 14.9 Å². The minimum atomic E-state index is -1.15. The van der Waals surface area contributed by atoms with Gasteiger partial charge in [-0.3, -0.25) is 9.78 Å². The molecule has 0 spiro atoms. The van der Waals surface area contributed by atoms with Crippen molar-refractivity contribution >= 4 is 40.9 Å². The Kier molecular flexibility index (Phi) is 7.63. The molecule has 10 heteroatoms. The molecule has 3 rings (SSSR count). The molecule has 0 unspecified atom stereocenters. The number of aromatic nitrogens is 2. The van der Waals surface area contributed by atoms with Crippen molar-refractivity contribution in [2.45, 2.75) is 13.5 Å². The van der Waals surface area contributed by atoms with Gasteiger partial charge < -0.3 is 20.4 Å². The summed E-state index contributed by atoms with van der Waals surface area (Å²) in [5.74, 6) is -0.416. The highest BCUT2D eigenvalue weighted by Gasteiger charge is 2.16. The molecule has 0 radical (unpaired) electrons. The molecule has 8 nitrogen and oxygen atoms in total. The number of aliphatic hydroxyl groups is 1. The van der Waals surface area contributed by atoms with Crippen molar-refractivity contribution in [3.63, 3.8) is 0 Å². The van der Waals surface area contributed by atoms with E-state index in [9.17, 15) is 9.59 Å². The van der Waals surface area contributed by atoms with Gasteiger partial charge in [-0.15, -0.1) is 0 Å². The number of nitrogens with one attached hydrogen (secondary N) is 1. The number of hydrogen-bond acceptors (Lipinski definition) is 5. The van der Waals surface area contributed by atoms with E-state index in [1.807, 2.05) is 13.0 Å². The minimum Gasteiger partial charge on any atom is -0.465 e. The number of carbonyl (C=O) groups is 2. The van der Waals surface area contributed by atoms with Gasteiger partial charge in [0.2, 0.25) is 0 Å². The van der Waals surface area contributed by atoms with Gasteiger partial charge >= 0.3 is 6.09 Å². The summed E-state index contributed by atoms with van der Waals surface area (Å²) >= 11 is 12.3. The molecule has 0 atom stereocenters. The van der Waals surface area contributed by atoms with Crippen LogP contribution in [0.1, 0.15) is 21.6 Å². The molecule has 0 bridgehead atoms. The average molecular weight is 475 g/mol. The van der Waals surface area contributed by atoms with Gasteiger partial charge in [0.25, 0.3) is 5.91 Å². The summed E-state index contributed by atoms with van der Waals surface area (Å²) in [6.07, 6.45) is 1.85. The van der Waals surface area contributed by atoms with Crippen LogP contribution in [0, 0.1) is 6.92 Å². The van der Waals surface area contributed by atoms with E-state index in [2.05, 4.69) is 15.3 Å². The lowest BCUT2D eigenvalue weighted by Gasteiger charge is -2.17. The van der Waals surface area contributed by atoms with Crippen LogP contribution in [0.5, 0.6) is 0 Å². The monoisotopic (exact) mass is 474 g/mol. The number of nitrogens with zero attached hydrogens (tertiary/aromatic N) is 3. The third-order valence-electron chi connectivity index (χ3n) is 4.79. The van der Waals surface area contributed by atoms with E-state index in [0.717, 1.165) is 16.0 Å². The summed E-state index contributed by atoms with van der Waals surface area (Å²) < 4.78 is 0. The molecule has 0 aliphatic heterocycles. The highest BCUT2D eigenvalue weighted by molar-refractivity contribution is 6.43. The van der Waals surface area contributed by atoms with Crippen LogP contribution in [0.15, 0.2) is 48.8 Å². The maximum atomic E-state index is 12.7. The van der Waals surface area contributed by atoms with Crippen LogP contribution < -0.4 is 5.32 Å². The molecule has 0 aliphatic rings. The molecule has 0 saturated carbocycles. The third kappa shape index (κ3) is 5.34. The fourth-order valence-electron chi connectivity index (χ4n) is 3.11. The summed E-state index contributed by atoms with van der Waals surface area (Å²) in [5, 5.41) is 21.5. The zero-order chi connectivity index (χ0) is 23.3. The SMILES string of the molecule is Cc1c(NC(=O)c2ccc(CN(CCO)C(=O)O)cn2)cccc1-c1ccnc(Cl)c1Cl. The molecule has 2 amide bonds. The van der Waals surface area contributed by atoms with Gasteiger partial charge in [-0.2, -0.15) is 0 Å². The fraction of sp³-hybridized carbons (Fsp3) is 0.182. The van der Waals surface area contributed by atoms with Crippen molar-refractivity contribution in [2.24, 2.45) is 0 Å². The van der Waals surface area contributed by atoms with Gasteiger partial charge in [-0.05, 0) is 41.8 Å². The lowest BCUT2D eigenvalue weighted by molar-refractivity contribution is 0.102. The molecule has 2 aromatic heterocycles. The van der Waals surface area contributed by atoms with Crippen LogP contribution in [0.4, 0.5) is 10.5 Å². The van der Waals surface area contributed by atoms with E-state index in [1.165, 1.54) is 12.3 Å². The zero-order valence-electron chi connectivity index (χ0n) is 17.0. The molecule has 3 aromatic rings. The Labute approximate surface area is 194 Å². The normalized spacial score (nSPS) is 10.6. The Morgan fingerprint density at radius 2 is 1.88 bits per heavy atom. The Morgan fingerprint density at radius 1 is 1.09 bits per heavy atom. The van der Waals surface area contributed by atoms with Crippen molar-refractivity contribution in [1.29, 1.82) is 0 Å². The number of rotatable bonds is 7. The summed E-state index contributed by atoms with van der Waals surface area (Å²) in [6.45, 7) is 1.62. The Bertz CT molecular complexity index is 1140. The zero-order valence-corrected chi connectivity index (χ0v) is 18.6. The summed E-state index contributed by atoms with van der Waals surface area (Å²) in [6, 6.07) is 10.3. The molecule has 32 heavy (non-hydrogen) atoms. The summed E-state index contributed by atoms with van der Waals surface area (Å²) in [5.41, 5.74) is 3.66. The molecule has 166 valence electrons. The van der Waals surface area contributed by atoms with E-state index in [-0.39, 0.29) is 30.5 Å². The van der Waals surface area contributed by atoms with Gasteiger partial charge in [-0.1, -0.05) is 41.4 Å². The Balaban J connectivity index is 1.78. The summed E-state index contributed by atoms with van der Waals surface area (Å²) in [7, 11) is 0. The number of hydrogen-bond donors (Lipinski definition) is 3. The number of benzene rings is 1. The van der Waals surface area contributed by atoms with E-state index in [4.69, 9.17) is 33.4 Å². The van der Waals surface area contributed by atoms with Gasteiger partial charge in [0.15, 0.2) is 0 Å². The van der Waals surface area contributed by atoms with Gasteiger partial charge in [0.05, 0.1) is 18.2 Å². The van der Waals surface area contributed by atoms with Gasteiger partial charge in [0, 0.05) is 30.2 Å². The van der Waals surface area contributed by atoms with E-state index >= 15 is 0 Å². The lowest BCUT2D eigenvalue weighted by Crippen LogP contribution is -2.31. The highest BCUT2D eigenvalue weighted by atomic mass is 35.5. The van der Waals surface area contributed by atoms with Crippen LogP contribution in [0.25, 0.3) is 11.1 Å². The van der Waals surface area contributed by atoms with Crippen molar-refractivity contribution in [3.05, 3.63) is 75.8 Å². The van der Waals surface area contributed by atoms with Crippen LogP contribution in [-0.4, -0.2) is 50.2 Å². The second-order valence-corrected chi connectivity index (χ2v) is 7.61. The average Bonchev–Trinajstić information content (AvgIpc) is 2.77. The summed E-state index contributed by atoms with van der Waals surface area (Å²) in [4.78, 5) is 33.1. The van der Waals surface area contributed by atoms with Crippen molar-refractivity contribution in [2.75, 3.05) is 18.5 Å². The fourth-order valence-corrected chi connectivity index (χ4v) is 3.48. The first kappa shape index (κ1) is 23.5. The first-order chi connectivity index (χ1) is 15.3. The van der Waals surface area contributed by atoms with E-state index in [0.29, 0.717) is 21.8 Å². The van der Waals surface area contributed by atoms with Gasteiger partial charge in [0.1, 0.15) is 10.8 Å². The maximum Gasteiger partial charge on any atom is 0.407 e. The van der Waals surface area contributed by atoms with E-state index in [1.54, 1.807) is 30.5 Å². The smallest absolute Gasteiger partial charge is 0.407 e. The largest absolute Gasteiger partial charge is 0.465 e. The molecule has 0 fully saturated rings. The predicted octanol–water partition coefficient (Wildman–Crippen LogP) is 4.48. The minimum absolute atomic E-state index is 0.0140.